The Bertz CT molecular complexity index is 399. The molecular formula is C12H17N3O3. The summed E-state index contributed by atoms with van der Waals surface area (Å²) in [7, 11) is 1.38. The lowest BCUT2D eigenvalue weighted by atomic mass is 10.2. The number of carbonyl (C=O) groups is 1. The van der Waals surface area contributed by atoms with E-state index in [1.54, 1.807) is 11.2 Å². The van der Waals surface area contributed by atoms with Crippen molar-refractivity contribution in [2.45, 2.75) is 25.0 Å². The first-order valence-corrected chi connectivity index (χ1v) is 6.23. The van der Waals surface area contributed by atoms with Crippen LogP contribution in [0.2, 0.25) is 0 Å². The van der Waals surface area contributed by atoms with Gasteiger partial charge in [0.25, 0.3) is 0 Å². The van der Waals surface area contributed by atoms with Crippen molar-refractivity contribution in [3.8, 4) is 0 Å². The molecule has 18 heavy (non-hydrogen) atoms. The number of methoxy groups -OCH3 is 1. The fourth-order valence-electron chi connectivity index (χ4n) is 2.03. The van der Waals surface area contributed by atoms with Crippen molar-refractivity contribution in [2.24, 2.45) is 10.9 Å². The van der Waals surface area contributed by atoms with Gasteiger partial charge < -0.3 is 9.47 Å². The zero-order valence-electron chi connectivity index (χ0n) is 10.3. The molecule has 6 nitrogen and oxygen atoms in total. The molecule has 0 aromatic heterocycles. The van der Waals surface area contributed by atoms with Crippen LogP contribution >= 0.6 is 0 Å². The van der Waals surface area contributed by atoms with Gasteiger partial charge in [0.15, 0.2) is 0 Å². The van der Waals surface area contributed by atoms with E-state index < -0.39 is 6.17 Å². The molecule has 6 heteroatoms. The number of hydrogen-bond acceptors (Lipinski definition) is 6. The van der Waals surface area contributed by atoms with Crippen LogP contribution in [-0.4, -0.2) is 49.7 Å². The van der Waals surface area contributed by atoms with Crippen LogP contribution in [0.5, 0.6) is 0 Å². The van der Waals surface area contributed by atoms with Crippen molar-refractivity contribution in [2.75, 3.05) is 20.3 Å². The molecule has 3 aliphatic rings. The quantitative estimate of drug-likeness (QED) is 0.716. The minimum Gasteiger partial charge on any atom is -0.466 e. The molecule has 0 bridgehead atoms. The lowest BCUT2D eigenvalue weighted by Crippen LogP contribution is -2.57. The Kier molecular flexibility index (Phi) is 3.05. The summed E-state index contributed by atoms with van der Waals surface area (Å²) in [5, 5.41) is 1.76. The number of rotatable bonds is 4. The van der Waals surface area contributed by atoms with Crippen LogP contribution in [-0.2, 0) is 14.3 Å². The normalized spacial score (nSPS) is 27.7. The minimum atomic E-state index is -0.627. The molecule has 0 amide bonds. The third-order valence-electron chi connectivity index (χ3n) is 3.35. The molecule has 1 N–H and O–H groups in total. The molecule has 2 aliphatic heterocycles. The summed E-state index contributed by atoms with van der Waals surface area (Å²) in [5.74, 6) is 0.249. The van der Waals surface area contributed by atoms with Gasteiger partial charge in [0.05, 0.1) is 26.4 Å². The number of carbonyl (C=O) groups excluding carboxylic acids is 1. The van der Waals surface area contributed by atoms with Crippen LogP contribution in [0.3, 0.4) is 0 Å². The standard InChI is InChI=1S/C12H17N3O3/c1-17-12(16)11-13-4-9(8-2-3-8)5-15(11)14-10-6-18-7-10/h4-5,8,10-11,14H,2-3,6-7H2,1H3. The molecule has 0 radical (unpaired) electrons. The van der Waals surface area contributed by atoms with E-state index in [1.165, 1.54) is 25.5 Å². The topological polar surface area (TPSA) is 63.2 Å². The van der Waals surface area contributed by atoms with Crippen LogP contribution in [0.1, 0.15) is 12.8 Å². The molecule has 98 valence electrons. The van der Waals surface area contributed by atoms with Gasteiger partial charge in [0.2, 0.25) is 6.17 Å². The highest BCUT2D eigenvalue weighted by Gasteiger charge is 2.34. The van der Waals surface area contributed by atoms with Crippen molar-refractivity contribution in [1.82, 2.24) is 10.4 Å². The smallest absolute Gasteiger partial charge is 0.352 e. The summed E-state index contributed by atoms with van der Waals surface area (Å²) >= 11 is 0. The Labute approximate surface area is 106 Å². The van der Waals surface area contributed by atoms with Crippen LogP contribution in [0, 0.1) is 5.92 Å². The second-order valence-electron chi connectivity index (χ2n) is 4.85. The van der Waals surface area contributed by atoms with Crippen molar-refractivity contribution >= 4 is 12.2 Å². The van der Waals surface area contributed by atoms with Gasteiger partial charge in [-0.25, -0.2) is 10.2 Å². The molecule has 0 aromatic carbocycles. The van der Waals surface area contributed by atoms with Gasteiger partial charge in [-0.05, 0) is 24.3 Å². The predicted molar refractivity (Wildman–Crippen MR) is 64.7 cm³/mol. The molecule has 1 atom stereocenters. The molecule has 2 fully saturated rings. The van der Waals surface area contributed by atoms with E-state index in [0.29, 0.717) is 19.1 Å². The second kappa shape index (κ2) is 4.70. The number of esters is 1. The van der Waals surface area contributed by atoms with E-state index >= 15 is 0 Å². The first-order valence-electron chi connectivity index (χ1n) is 6.23. The first-order chi connectivity index (χ1) is 8.78. The van der Waals surface area contributed by atoms with Crippen LogP contribution in [0.4, 0.5) is 0 Å². The van der Waals surface area contributed by atoms with E-state index in [0.717, 1.165) is 0 Å². The van der Waals surface area contributed by atoms with E-state index in [1.807, 2.05) is 6.20 Å². The maximum Gasteiger partial charge on any atom is 0.352 e. The maximum absolute atomic E-state index is 11.7. The zero-order chi connectivity index (χ0) is 12.5. The predicted octanol–water partition coefficient (Wildman–Crippen LogP) is 0.0692. The van der Waals surface area contributed by atoms with Gasteiger partial charge in [0, 0.05) is 12.4 Å². The molecule has 1 saturated carbocycles. The van der Waals surface area contributed by atoms with Crippen molar-refractivity contribution < 1.29 is 14.3 Å². The van der Waals surface area contributed by atoms with Gasteiger partial charge in [0.1, 0.15) is 0 Å². The molecular weight excluding hydrogens is 234 g/mol. The first kappa shape index (κ1) is 11.7. The van der Waals surface area contributed by atoms with E-state index in [4.69, 9.17) is 9.47 Å². The summed E-state index contributed by atoms with van der Waals surface area (Å²) in [6.45, 7) is 1.33. The second-order valence-corrected chi connectivity index (χ2v) is 4.85. The summed E-state index contributed by atoms with van der Waals surface area (Å²) < 4.78 is 9.89. The number of ether oxygens (including phenoxy) is 2. The van der Waals surface area contributed by atoms with Crippen molar-refractivity contribution in [3.63, 3.8) is 0 Å². The van der Waals surface area contributed by atoms with E-state index in [9.17, 15) is 4.79 Å². The Hall–Kier alpha value is -1.40. The number of nitrogens with zero attached hydrogens (tertiary/aromatic N) is 2. The van der Waals surface area contributed by atoms with Gasteiger partial charge in [-0.15, -0.1) is 0 Å². The van der Waals surface area contributed by atoms with Gasteiger partial charge in [-0.3, -0.25) is 10.0 Å². The number of hydrogen-bond donors (Lipinski definition) is 1. The zero-order valence-corrected chi connectivity index (χ0v) is 10.3. The van der Waals surface area contributed by atoms with E-state index in [2.05, 4.69) is 10.4 Å². The molecule has 1 unspecified atom stereocenters. The Morgan fingerprint density at radius 3 is 2.89 bits per heavy atom. The molecule has 0 aromatic rings. The molecule has 1 saturated heterocycles. The highest BCUT2D eigenvalue weighted by atomic mass is 16.5. The fourth-order valence-corrected chi connectivity index (χ4v) is 2.03. The third-order valence-corrected chi connectivity index (χ3v) is 3.35. The van der Waals surface area contributed by atoms with Gasteiger partial charge >= 0.3 is 5.97 Å². The number of aliphatic imine (C=N–C) groups is 1. The highest BCUT2D eigenvalue weighted by molar-refractivity contribution is 5.85. The van der Waals surface area contributed by atoms with Crippen molar-refractivity contribution in [1.29, 1.82) is 0 Å². The fraction of sp³-hybridized carbons (Fsp3) is 0.667. The van der Waals surface area contributed by atoms with E-state index in [-0.39, 0.29) is 12.0 Å². The van der Waals surface area contributed by atoms with Crippen molar-refractivity contribution in [3.05, 3.63) is 11.8 Å². The SMILES string of the molecule is COC(=O)C1N=CC(C2CC2)=CN1NC1COC1. The Morgan fingerprint density at radius 1 is 1.56 bits per heavy atom. The Morgan fingerprint density at radius 2 is 2.33 bits per heavy atom. The monoisotopic (exact) mass is 251 g/mol. The number of hydrazine groups is 1. The lowest BCUT2D eigenvalue weighted by Gasteiger charge is -2.36. The van der Waals surface area contributed by atoms with Crippen LogP contribution in [0.25, 0.3) is 0 Å². The maximum atomic E-state index is 11.7. The third kappa shape index (κ3) is 2.26. The highest BCUT2D eigenvalue weighted by Crippen LogP contribution is 2.36. The molecule has 1 aliphatic carbocycles. The lowest BCUT2D eigenvalue weighted by molar-refractivity contribution is -0.148. The average Bonchev–Trinajstić information content (AvgIpc) is 3.17. The summed E-state index contributed by atoms with van der Waals surface area (Å²) in [4.78, 5) is 16.0. The summed E-state index contributed by atoms with van der Waals surface area (Å²) in [6, 6.07) is 0.252. The minimum absolute atomic E-state index is 0.252. The van der Waals surface area contributed by atoms with Crippen LogP contribution < -0.4 is 5.43 Å². The largest absolute Gasteiger partial charge is 0.466 e. The van der Waals surface area contributed by atoms with Crippen LogP contribution in [0.15, 0.2) is 16.8 Å². The number of nitrogens with one attached hydrogen (secondary N) is 1. The average molecular weight is 251 g/mol. The summed E-state index contributed by atoms with van der Waals surface area (Å²) in [6.07, 6.45) is 5.57. The molecule has 0 spiro atoms. The Balaban J connectivity index is 1.72. The number of allylic oxidation sites excluding steroid dienone is 1. The summed E-state index contributed by atoms with van der Waals surface area (Å²) in [5.41, 5.74) is 4.43. The molecule has 2 heterocycles. The van der Waals surface area contributed by atoms with Gasteiger partial charge in [-0.1, -0.05) is 0 Å². The molecule has 3 rings (SSSR count). The van der Waals surface area contributed by atoms with Gasteiger partial charge in [-0.2, -0.15) is 0 Å².